The first kappa shape index (κ1) is 13.5. The second-order valence-electron chi connectivity index (χ2n) is 4.20. The maximum Gasteiger partial charge on any atom is 0.171 e. The molecule has 2 aromatic rings. The molecule has 0 fully saturated rings. The Morgan fingerprint density at radius 1 is 1.32 bits per heavy atom. The molecule has 1 heterocycles. The SMILES string of the molecule is CCC(N)C(Oc1ccc(F)cc1F)c1ccco1. The summed E-state index contributed by atoms with van der Waals surface area (Å²) in [4.78, 5) is 0. The lowest BCUT2D eigenvalue weighted by Gasteiger charge is -2.22. The van der Waals surface area contributed by atoms with E-state index >= 15 is 0 Å². The van der Waals surface area contributed by atoms with Crippen LogP contribution in [0.25, 0.3) is 0 Å². The Morgan fingerprint density at radius 2 is 2.11 bits per heavy atom. The Kier molecular flexibility index (Phi) is 4.16. The maximum absolute atomic E-state index is 13.6. The van der Waals surface area contributed by atoms with Gasteiger partial charge in [-0.15, -0.1) is 0 Å². The van der Waals surface area contributed by atoms with Gasteiger partial charge in [-0.05, 0) is 30.7 Å². The lowest BCUT2D eigenvalue weighted by atomic mass is 10.1. The number of rotatable bonds is 5. The quantitative estimate of drug-likeness (QED) is 0.903. The molecule has 1 aromatic carbocycles. The van der Waals surface area contributed by atoms with Crippen molar-refractivity contribution in [3.8, 4) is 5.75 Å². The predicted octanol–water partition coefficient (Wildman–Crippen LogP) is 3.42. The van der Waals surface area contributed by atoms with Crippen LogP contribution in [0.15, 0.2) is 41.0 Å². The van der Waals surface area contributed by atoms with Gasteiger partial charge >= 0.3 is 0 Å². The Hall–Kier alpha value is -1.88. The Labute approximate surface area is 110 Å². The van der Waals surface area contributed by atoms with E-state index in [9.17, 15) is 8.78 Å². The second kappa shape index (κ2) is 5.84. The van der Waals surface area contributed by atoms with Crippen molar-refractivity contribution in [1.29, 1.82) is 0 Å². The highest BCUT2D eigenvalue weighted by atomic mass is 19.1. The lowest BCUT2D eigenvalue weighted by Crippen LogP contribution is -2.31. The molecule has 0 bridgehead atoms. The van der Waals surface area contributed by atoms with Gasteiger partial charge in [0.15, 0.2) is 17.7 Å². The lowest BCUT2D eigenvalue weighted by molar-refractivity contribution is 0.138. The smallest absolute Gasteiger partial charge is 0.171 e. The molecule has 19 heavy (non-hydrogen) atoms. The molecular weight excluding hydrogens is 252 g/mol. The molecule has 2 unspecified atom stereocenters. The van der Waals surface area contributed by atoms with Gasteiger partial charge < -0.3 is 14.9 Å². The summed E-state index contributed by atoms with van der Waals surface area (Å²) in [5.74, 6) is -0.955. The first-order valence-corrected chi connectivity index (χ1v) is 6.02. The fourth-order valence-electron chi connectivity index (χ4n) is 1.73. The van der Waals surface area contributed by atoms with Gasteiger partial charge in [-0.2, -0.15) is 0 Å². The van der Waals surface area contributed by atoms with Crippen molar-refractivity contribution < 1.29 is 17.9 Å². The molecule has 2 atom stereocenters. The summed E-state index contributed by atoms with van der Waals surface area (Å²) in [6.07, 6.45) is 1.52. The van der Waals surface area contributed by atoms with Crippen LogP contribution >= 0.6 is 0 Å². The number of nitrogens with two attached hydrogens (primary N) is 1. The molecular formula is C14H15F2NO2. The van der Waals surface area contributed by atoms with E-state index in [1.807, 2.05) is 6.92 Å². The Bertz CT molecular complexity index is 528. The zero-order chi connectivity index (χ0) is 13.8. The van der Waals surface area contributed by atoms with Crippen LogP contribution < -0.4 is 10.5 Å². The Morgan fingerprint density at radius 3 is 2.68 bits per heavy atom. The van der Waals surface area contributed by atoms with Gasteiger partial charge in [-0.3, -0.25) is 0 Å². The molecule has 0 saturated heterocycles. The van der Waals surface area contributed by atoms with Crippen LogP contribution in [0.3, 0.4) is 0 Å². The van der Waals surface area contributed by atoms with Crippen molar-refractivity contribution in [2.24, 2.45) is 5.73 Å². The number of furan rings is 1. The van der Waals surface area contributed by atoms with Crippen molar-refractivity contribution in [1.82, 2.24) is 0 Å². The van der Waals surface area contributed by atoms with Gasteiger partial charge in [0.2, 0.25) is 0 Å². The molecule has 0 saturated carbocycles. The molecule has 3 nitrogen and oxygen atoms in total. The average molecular weight is 267 g/mol. The monoisotopic (exact) mass is 267 g/mol. The van der Waals surface area contributed by atoms with Crippen LogP contribution in [0.2, 0.25) is 0 Å². The standard InChI is InChI=1S/C14H15F2NO2/c1-2-11(17)14(13-4-3-7-18-13)19-12-6-5-9(15)8-10(12)16/h3-8,11,14H,2,17H2,1H3. The van der Waals surface area contributed by atoms with E-state index in [2.05, 4.69) is 0 Å². The summed E-state index contributed by atoms with van der Waals surface area (Å²) in [5.41, 5.74) is 5.95. The molecule has 0 radical (unpaired) electrons. The minimum absolute atomic E-state index is 0.0494. The highest BCUT2D eigenvalue weighted by Crippen LogP contribution is 2.28. The summed E-state index contributed by atoms with van der Waals surface area (Å²) in [5, 5.41) is 0. The summed E-state index contributed by atoms with van der Waals surface area (Å²) in [6.45, 7) is 1.89. The van der Waals surface area contributed by atoms with E-state index in [0.29, 0.717) is 12.2 Å². The van der Waals surface area contributed by atoms with E-state index in [1.165, 1.54) is 12.3 Å². The number of hydrogen-bond acceptors (Lipinski definition) is 3. The fourth-order valence-corrected chi connectivity index (χ4v) is 1.73. The number of halogens is 2. The zero-order valence-corrected chi connectivity index (χ0v) is 10.5. The first-order valence-electron chi connectivity index (χ1n) is 6.02. The molecule has 2 N–H and O–H groups in total. The van der Waals surface area contributed by atoms with Crippen molar-refractivity contribution >= 4 is 0 Å². The van der Waals surface area contributed by atoms with E-state index < -0.39 is 17.7 Å². The number of ether oxygens (including phenoxy) is 1. The maximum atomic E-state index is 13.6. The van der Waals surface area contributed by atoms with Gasteiger partial charge in [-0.25, -0.2) is 8.78 Å². The fraction of sp³-hybridized carbons (Fsp3) is 0.286. The Balaban J connectivity index is 2.25. The van der Waals surface area contributed by atoms with Gasteiger partial charge in [0.25, 0.3) is 0 Å². The van der Waals surface area contributed by atoms with Crippen molar-refractivity contribution in [3.05, 3.63) is 54.0 Å². The number of hydrogen-bond donors (Lipinski definition) is 1. The summed E-state index contributed by atoms with van der Waals surface area (Å²) in [6, 6.07) is 6.21. The van der Waals surface area contributed by atoms with E-state index in [1.54, 1.807) is 12.1 Å². The minimum atomic E-state index is -0.764. The summed E-state index contributed by atoms with van der Waals surface area (Å²) >= 11 is 0. The van der Waals surface area contributed by atoms with Crippen molar-refractivity contribution in [2.45, 2.75) is 25.5 Å². The third-order valence-corrected chi connectivity index (χ3v) is 2.83. The molecule has 1 aromatic heterocycles. The van der Waals surface area contributed by atoms with E-state index in [-0.39, 0.29) is 11.8 Å². The van der Waals surface area contributed by atoms with E-state index in [0.717, 1.165) is 12.1 Å². The molecule has 102 valence electrons. The molecule has 0 aliphatic rings. The molecule has 0 aliphatic carbocycles. The largest absolute Gasteiger partial charge is 0.478 e. The third-order valence-electron chi connectivity index (χ3n) is 2.83. The average Bonchev–Trinajstić information content (AvgIpc) is 2.91. The first-order chi connectivity index (χ1) is 9.11. The normalized spacial score (nSPS) is 14.1. The third kappa shape index (κ3) is 3.12. The van der Waals surface area contributed by atoms with Crippen LogP contribution in [0, 0.1) is 11.6 Å². The molecule has 2 rings (SSSR count). The molecule has 0 aliphatic heterocycles. The van der Waals surface area contributed by atoms with Gasteiger partial charge in [-0.1, -0.05) is 6.92 Å². The van der Waals surface area contributed by atoms with Crippen LogP contribution in [0.4, 0.5) is 8.78 Å². The van der Waals surface area contributed by atoms with E-state index in [4.69, 9.17) is 14.9 Å². The van der Waals surface area contributed by atoms with Crippen LogP contribution in [-0.2, 0) is 0 Å². The van der Waals surface area contributed by atoms with Gasteiger partial charge in [0.05, 0.1) is 6.26 Å². The molecule has 5 heteroatoms. The highest BCUT2D eigenvalue weighted by molar-refractivity contribution is 5.26. The van der Waals surface area contributed by atoms with Crippen molar-refractivity contribution in [3.63, 3.8) is 0 Å². The van der Waals surface area contributed by atoms with Gasteiger partial charge in [0, 0.05) is 12.1 Å². The summed E-state index contributed by atoms with van der Waals surface area (Å²) < 4.78 is 37.2. The predicted molar refractivity (Wildman–Crippen MR) is 66.7 cm³/mol. The van der Waals surface area contributed by atoms with Gasteiger partial charge in [0.1, 0.15) is 11.6 Å². The van der Waals surface area contributed by atoms with Crippen molar-refractivity contribution in [2.75, 3.05) is 0 Å². The molecule has 0 spiro atoms. The molecule has 0 amide bonds. The summed E-state index contributed by atoms with van der Waals surface area (Å²) in [7, 11) is 0. The highest BCUT2D eigenvalue weighted by Gasteiger charge is 2.24. The minimum Gasteiger partial charge on any atom is -0.478 e. The topological polar surface area (TPSA) is 48.4 Å². The van der Waals surface area contributed by atoms with Crippen LogP contribution in [-0.4, -0.2) is 6.04 Å². The zero-order valence-electron chi connectivity index (χ0n) is 10.5. The van der Waals surface area contributed by atoms with Crippen LogP contribution in [0.1, 0.15) is 25.2 Å². The second-order valence-corrected chi connectivity index (χ2v) is 4.20. The van der Waals surface area contributed by atoms with Crippen LogP contribution in [0.5, 0.6) is 5.75 Å². The number of benzene rings is 1.